The number of pyridine rings is 1. The Morgan fingerprint density at radius 3 is 2.74 bits per heavy atom. The van der Waals surface area contributed by atoms with Gasteiger partial charge in [-0.2, -0.15) is 0 Å². The smallest absolute Gasteiger partial charge is 0.161 e. The van der Waals surface area contributed by atoms with Gasteiger partial charge in [0.25, 0.3) is 0 Å². The molecule has 3 aromatic rings. The van der Waals surface area contributed by atoms with Crippen molar-refractivity contribution in [2.24, 2.45) is 0 Å². The van der Waals surface area contributed by atoms with E-state index >= 15 is 0 Å². The van der Waals surface area contributed by atoms with Crippen LogP contribution in [0, 0.1) is 6.92 Å². The molecule has 0 aliphatic heterocycles. The molecule has 0 aliphatic carbocycles. The van der Waals surface area contributed by atoms with E-state index < -0.39 is 0 Å². The van der Waals surface area contributed by atoms with Crippen molar-refractivity contribution in [3.8, 4) is 11.5 Å². The van der Waals surface area contributed by atoms with E-state index in [4.69, 9.17) is 15.2 Å². The van der Waals surface area contributed by atoms with Crippen LogP contribution >= 0.6 is 0 Å². The average Bonchev–Trinajstić information content (AvgIpc) is 2.90. The van der Waals surface area contributed by atoms with E-state index in [1.54, 1.807) is 7.11 Å². The van der Waals surface area contributed by atoms with Crippen molar-refractivity contribution < 1.29 is 9.47 Å². The number of hydrogen-bond acceptors (Lipinski definition) is 4. The highest BCUT2D eigenvalue weighted by atomic mass is 16.5. The molecule has 2 heterocycles. The summed E-state index contributed by atoms with van der Waals surface area (Å²) in [6.07, 6.45) is 4.64. The van der Waals surface area contributed by atoms with Crippen molar-refractivity contribution in [3.63, 3.8) is 0 Å². The first kappa shape index (κ1) is 15.2. The Morgan fingerprint density at radius 1 is 1.17 bits per heavy atom. The fourth-order valence-electron chi connectivity index (χ4n) is 2.59. The van der Waals surface area contributed by atoms with Crippen molar-refractivity contribution in [3.05, 3.63) is 53.5 Å². The van der Waals surface area contributed by atoms with Crippen molar-refractivity contribution in [1.82, 2.24) is 9.38 Å². The van der Waals surface area contributed by atoms with Gasteiger partial charge in [0.2, 0.25) is 0 Å². The van der Waals surface area contributed by atoms with Crippen molar-refractivity contribution in [1.29, 1.82) is 0 Å². The van der Waals surface area contributed by atoms with E-state index in [2.05, 4.69) is 4.98 Å². The number of nitrogens with zero attached hydrogens (tertiary/aromatic N) is 2. The van der Waals surface area contributed by atoms with E-state index in [1.165, 1.54) is 0 Å². The molecule has 1 aromatic carbocycles. The Bertz CT molecular complexity index is 801. The number of rotatable bonds is 5. The summed E-state index contributed by atoms with van der Waals surface area (Å²) < 4.78 is 12.9. The minimum Gasteiger partial charge on any atom is -0.493 e. The molecule has 0 aliphatic rings. The van der Waals surface area contributed by atoms with Gasteiger partial charge in [0.15, 0.2) is 11.5 Å². The summed E-state index contributed by atoms with van der Waals surface area (Å²) in [5.74, 6) is 1.50. The topological polar surface area (TPSA) is 61.8 Å². The predicted molar refractivity (Wildman–Crippen MR) is 91.3 cm³/mol. The first-order valence-electron chi connectivity index (χ1n) is 7.64. The van der Waals surface area contributed by atoms with E-state index in [-0.39, 0.29) is 0 Å². The normalized spacial score (nSPS) is 10.9. The number of ether oxygens (including phenoxy) is 2. The zero-order chi connectivity index (χ0) is 16.4. The molecule has 2 aromatic heterocycles. The summed E-state index contributed by atoms with van der Waals surface area (Å²) in [5.41, 5.74) is 10.8. The Balaban J connectivity index is 1.89. The van der Waals surface area contributed by atoms with Crippen molar-refractivity contribution in [2.75, 3.05) is 19.5 Å². The average molecular weight is 311 g/mol. The Kier molecular flexibility index (Phi) is 4.10. The molecule has 0 atom stereocenters. The van der Waals surface area contributed by atoms with Crippen molar-refractivity contribution in [2.45, 2.75) is 20.3 Å². The molecule has 0 amide bonds. The summed E-state index contributed by atoms with van der Waals surface area (Å²) >= 11 is 0. The van der Waals surface area contributed by atoms with Gasteiger partial charge in [-0.25, -0.2) is 4.98 Å². The van der Waals surface area contributed by atoms with Crippen LogP contribution in [0.3, 0.4) is 0 Å². The second kappa shape index (κ2) is 6.20. The lowest BCUT2D eigenvalue weighted by atomic mass is 10.1. The largest absolute Gasteiger partial charge is 0.493 e. The molecule has 5 heteroatoms. The second-order valence-corrected chi connectivity index (χ2v) is 5.50. The number of aromatic nitrogens is 2. The lowest BCUT2D eigenvalue weighted by Crippen LogP contribution is -1.97. The molecule has 3 rings (SSSR count). The van der Waals surface area contributed by atoms with Gasteiger partial charge in [-0.1, -0.05) is 6.07 Å². The maximum Gasteiger partial charge on any atom is 0.161 e. The highest BCUT2D eigenvalue weighted by Gasteiger charge is 2.09. The molecule has 0 spiro atoms. The highest BCUT2D eigenvalue weighted by Crippen LogP contribution is 2.29. The van der Waals surface area contributed by atoms with Gasteiger partial charge in [0.1, 0.15) is 5.65 Å². The second-order valence-electron chi connectivity index (χ2n) is 5.50. The summed E-state index contributed by atoms with van der Waals surface area (Å²) in [4.78, 5) is 4.66. The number of benzene rings is 1. The maximum atomic E-state index is 5.95. The lowest BCUT2D eigenvalue weighted by Gasteiger charge is -2.10. The van der Waals surface area contributed by atoms with Gasteiger partial charge in [-0.15, -0.1) is 0 Å². The maximum absolute atomic E-state index is 5.95. The molecule has 5 nitrogen and oxygen atoms in total. The van der Waals surface area contributed by atoms with Gasteiger partial charge >= 0.3 is 0 Å². The van der Waals surface area contributed by atoms with E-state index in [0.717, 1.165) is 46.1 Å². The summed E-state index contributed by atoms with van der Waals surface area (Å²) in [7, 11) is 1.65. The number of nitrogens with two attached hydrogens (primary N) is 1. The van der Waals surface area contributed by atoms with E-state index in [0.29, 0.717) is 6.61 Å². The van der Waals surface area contributed by atoms with Gasteiger partial charge in [-0.05, 0) is 43.2 Å². The van der Waals surface area contributed by atoms with Crippen LogP contribution in [0.4, 0.5) is 5.69 Å². The molecule has 2 N–H and O–H groups in total. The van der Waals surface area contributed by atoms with Crippen LogP contribution in [0.2, 0.25) is 0 Å². The molecule has 0 unspecified atom stereocenters. The summed E-state index contributed by atoms with van der Waals surface area (Å²) in [6.45, 7) is 4.56. The van der Waals surface area contributed by atoms with Crippen LogP contribution < -0.4 is 15.2 Å². The third-order valence-electron chi connectivity index (χ3n) is 3.80. The van der Waals surface area contributed by atoms with Crippen LogP contribution in [0.1, 0.15) is 23.7 Å². The van der Waals surface area contributed by atoms with Crippen LogP contribution in [0.25, 0.3) is 5.65 Å². The number of fused-ring (bicyclic) bond motifs is 1. The molecular formula is C18H21N3O2. The number of anilines is 1. The Morgan fingerprint density at radius 2 is 2.00 bits per heavy atom. The fraction of sp³-hybridized carbons (Fsp3) is 0.278. The third kappa shape index (κ3) is 3.08. The molecule has 23 heavy (non-hydrogen) atoms. The molecule has 120 valence electrons. The highest BCUT2D eigenvalue weighted by molar-refractivity contribution is 5.54. The first-order chi connectivity index (χ1) is 11.1. The van der Waals surface area contributed by atoms with Crippen LogP contribution in [0.5, 0.6) is 11.5 Å². The lowest BCUT2D eigenvalue weighted by molar-refractivity contribution is 0.310. The number of aryl methyl sites for hydroxylation is 1. The van der Waals surface area contributed by atoms with Crippen LogP contribution in [-0.2, 0) is 6.42 Å². The van der Waals surface area contributed by atoms with Crippen LogP contribution in [-0.4, -0.2) is 23.1 Å². The van der Waals surface area contributed by atoms with Gasteiger partial charge in [-0.3, -0.25) is 0 Å². The minimum atomic E-state index is 0.614. The number of nitrogen functional groups attached to an aromatic ring is 1. The summed E-state index contributed by atoms with van der Waals surface area (Å²) in [5, 5.41) is 0. The molecular weight excluding hydrogens is 290 g/mol. The number of methoxy groups -OCH3 is 1. The SMILES string of the molecule is CCOc1ccc(Cc2cn3cc(N)c(C)cc3n2)cc1OC. The molecule has 0 saturated heterocycles. The first-order valence-corrected chi connectivity index (χ1v) is 7.64. The van der Waals surface area contributed by atoms with Crippen LogP contribution in [0.15, 0.2) is 36.7 Å². The van der Waals surface area contributed by atoms with Gasteiger partial charge in [0.05, 0.1) is 25.1 Å². The molecule has 0 saturated carbocycles. The summed E-state index contributed by atoms with van der Waals surface area (Å²) in [6, 6.07) is 7.97. The van der Waals surface area contributed by atoms with E-state index in [9.17, 15) is 0 Å². The Hall–Kier alpha value is -2.69. The zero-order valence-electron chi connectivity index (χ0n) is 13.7. The minimum absolute atomic E-state index is 0.614. The Labute approximate surface area is 135 Å². The van der Waals surface area contributed by atoms with E-state index in [1.807, 2.05) is 54.9 Å². The molecule has 0 fully saturated rings. The zero-order valence-corrected chi connectivity index (χ0v) is 13.7. The van der Waals surface area contributed by atoms with Gasteiger partial charge < -0.3 is 19.6 Å². The third-order valence-corrected chi connectivity index (χ3v) is 3.80. The molecule has 0 bridgehead atoms. The number of imidazole rings is 1. The molecule has 0 radical (unpaired) electrons. The fourth-order valence-corrected chi connectivity index (χ4v) is 2.59. The predicted octanol–water partition coefficient (Wildman–Crippen LogP) is 3.22. The van der Waals surface area contributed by atoms with Crippen molar-refractivity contribution >= 4 is 11.3 Å². The standard InChI is InChI=1S/C18H21N3O2/c1-4-23-16-6-5-13(9-17(16)22-3)8-14-10-21-11-15(19)12(2)7-18(21)20-14/h5-7,9-11H,4,8,19H2,1-3H3. The monoisotopic (exact) mass is 311 g/mol. The quantitative estimate of drug-likeness (QED) is 0.786. The number of hydrogen-bond donors (Lipinski definition) is 1. The van der Waals surface area contributed by atoms with Gasteiger partial charge in [0, 0.05) is 18.8 Å².